The first-order chi connectivity index (χ1) is 16.5. The van der Waals surface area contributed by atoms with Crippen LogP contribution in [0.4, 0.5) is 5.69 Å². The van der Waals surface area contributed by atoms with Gasteiger partial charge in [-0.3, -0.25) is 4.79 Å². The zero-order valence-electron chi connectivity index (χ0n) is 20.0. The lowest BCUT2D eigenvalue weighted by Crippen LogP contribution is -2.39. The van der Waals surface area contributed by atoms with Crippen LogP contribution < -0.4 is 10.5 Å². The summed E-state index contributed by atoms with van der Waals surface area (Å²) in [6.45, 7) is 6.38. The van der Waals surface area contributed by atoms with Gasteiger partial charge in [0.05, 0.1) is 6.04 Å². The number of hydrogen-bond acceptors (Lipinski definition) is 5. The van der Waals surface area contributed by atoms with Gasteiger partial charge in [0.1, 0.15) is 6.04 Å². The number of hydrogen-bond donors (Lipinski definition) is 1. The Hall–Kier alpha value is -3.48. The van der Waals surface area contributed by atoms with Crippen LogP contribution in [-0.2, 0) is 6.42 Å². The van der Waals surface area contributed by atoms with Crippen LogP contribution in [0.1, 0.15) is 72.8 Å². The van der Waals surface area contributed by atoms with E-state index in [1.807, 2.05) is 10.7 Å². The average Bonchev–Trinajstić information content (AvgIpc) is 3.55. The molecule has 1 aliphatic carbocycles. The highest BCUT2D eigenvalue weighted by molar-refractivity contribution is 5.83. The van der Waals surface area contributed by atoms with Gasteiger partial charge in [-0.2, -0.15) is 0 Å². The second-order valence-electron chi connectivity index (χ2n) is 10.0. The lowest BCUT2D eigenvalue weighted by Gasteiger charge is -2.34. The van der Waals surface area contributed by atoms with Crippen LogP contribution in [0.25, 0.3) is 10.9 Å². The van der Waals surface area contributed by atoms with Crippen LogP contribution in [0.15, 0.2) is 47.3 Å². The Balaban J connectivity index is 1.60. The lowest BCUT2D eigenvalue weighted by molar-refractivity contribution is 0.423. The third-order valence-electron chi connectivity index (χ3n) is 7.61. The second kappa shape index (κ2) is 8.08. The fraction of sp³-hybridized carbons (Fsp3) is 0.407. The van der Waals surface area contributed by atoms with E-state index in [4.69, 9.17) is 0 Å². The van der Waals surface area contributed by atoms with Gasteiger partial charge < -0.3 is 9.88 Å². The average molecular weight is 455 g/mol. The highest BCUT2D eigenvalue weighted by atomic mass is 16.1. The minimum Gasteiger partial charge on any atom is -0.354 e. The Morgan fingerprint density at radius 2 is 1.88 bits per heavy atom. The number of nitrogens with zero attached hydrogens (tertiary/aromatic N) is 5. The van der Waals surface area contributed by atoms with Gasteiger partial charge in [-0.25, -0.2) is 4.68 Å². The number of rotatable bonds is 4. The summed E-state index contributed by atoms with van der Waals surface area (Å²) in [6.07, 6.45) is 5.45. The molecule has 2 aliphatic rings. The molecule has 0 amide bonds. The van der Waals surface area contributed by atoms with E-state index in [1.165, 1.54) is 18.4 Å². The van der Waals surface area contributed by atoms with Crippen molar-refractivity contribution < 1.29 is 0 Å². The normalized spacial score (nSPS) is 19.1. The van der Waals surface area contributed by atoms with E-state index in [1.54, 1.807) is 0 Å². The van der Waals surface area contributed by atoms with E-state index in [0.717, 1.165) is 52.8 Å². The molecule has 34 heavy (non-hydrogen) atoms. The molecule has 174 valence electrons. The summed E-state index contributed by atoms with van der Waals surface area (Å²) >= 11 is 0. The Labute approximate surface area is 198 Å². The molecule has 0 unspecified atom stereocenters. The number of benzene rings is 2. The van der Waals surface area contributed by atoms with Crippen LogP contribution in [0.5, 0.6) is 0 Å². The quantitative estimate of drug-likeness (QED) is 0.480. The summed E-state index contributed by atoms with van der Waals surface area (Å²) in [5, 5.41) is 14.2. The predicted octanol–water partition coefficient (Wildman–Crippen LogP) is 4.79. The van der Waals surface area contributed by atoms with Crippen molar-refractivity contribution in [2.75, 3.05) is 4.90 Å². The van der Waals surface area contributed by atoms with E-state index >= 15 is 0 Å². The van der Waals surface area contributed by atoms with Crippen molar-refractivity contribution >= 4 is 16.6 Å². The molecule has 1 saturated carbocycles. The molecule has 6 rings (SSSR count). The molecular formula is C27H30N6O. The molecule has 4 aromatic rings. The van der Waals surface area contributed by atoms with Gasteiger partial charge in [-0.15, -0.1) is 5.10 Å². The Morgan fingerprint density at radius 3 is 2.71 bits per heavy atom. The lowest BCUT2D eigenvalue weighted by atomic mass is 9.99. The number of fused-ring (bicyclic) bond motifs is 2. The number of para-hydroxylation sites is 1. The first kappa shape index (κ1) is 21.1. The van der Waals surface area contributed by atoms with E-state index in [-0.39, 0.29) is 23.7 Å². The Bertz CT molecular complexity index is 1430. The maximum Gasteiger partial charge on any atom is 0.254 e. The zero-order chi connectivity index (χ0) is 23.4. The topological polar surface area (TPSA) is 79.7 Å². The molecular weight excluding hydrogens is 424 g/mol. The highest BCUT2D eigenvalue weighted by Gasteiger charge is 2.39. The fourth-order valence-electron chi connectivity index (χ4n) is 6.08. The van der Waals surface area contributed by atoms with Crippen molar-refractivity contribution in [1.29, 1.82) is 0 Å². The number of aromatic amines is 1. The van der Waals surface area contributed by atoms with E-state index in [2.05, 4.69) is 82.6 Å². The maximum absolute atomic E-state index is 13.6. The third kappa shape index (κ3) is 3.33. The molecule has 0 radical (unpaired) electrons. The first-order valence-electron chi connectivity index (χ1n) is 12.3. The van der Waals surface area contributed by atoms with Crippen LogP contribution in [0.3, 0.4) is 0 Å². The smallest absolute Gasteiger partial charge is 0.254 e. The van der Waals surface area contributed by atoms with Crippen LogP contribution in [0, 0.1) is 13.8 Å². The minimum absolute atomic E-state index is 0.0833. The minimum atomic E-state index is -0.372. The number of H-pyrrole nitrogens is 1. The van der Waals surface area contributed by atoms with Crippen molar-refractivity contribution in [3.63, 3.8) is 0 Å². The van der Waals surface area contributed by atoms with Crippen molar-refractivity contribution in [2.24, 2.45) is 0 Å². The molecule has 3 heterocycles. The molecule has 1 N–H and O–H groups in total. The molecule has 1 aliphatic heterocycles. The van der Waals surface area contributed by atoms with Crippen molar-refractivity contribution in [1.82, 2.24) is 25.2 Å². The number of pyridine rings is 1. The van der Waals surface area contributed by atoms with E-state index in [9.17, 15) is 4.79 Å². The van der Waals surface area contributed by atoms with Crippen molar-refractivity contribution in [3.8, 4) is 0 Å². The molecule has 2 aromatic heterocycles. The van der Waals surface area contributed by atoms with Crippen LogP contribution in [-0.4, -0.2) is 31.2 Å². The first-order valence-corrected chi connectivity index (χ1v) is 12.3. The van der Waals surface area contributed by atoms with Crippen molar-refractivity contribution in [2.45, 2.75) is 71.0 Å². The number of aromatic nitrogens is 5. The zero-order valence-corrected chi connectivity index (χ0v) is 20.0. The fourth-order valence-corrected chi connectivity index (χ4v) is 6.08. The molecule has 0 spiro atoms. The molecule has 2 atom stereocenters. The molecule has 7 heteroatoms. The second-order valence-corrected chi connectivity index (χ2v) is 10.0. The summed E-state index contributed by atoms with van der Waals surface area (Å²) in [5.74, 6) is 0.755. The number of aryl methyl sites for hydroxylation is 2. The van der Waals surface area contributed by atoms with Gasteiger partial charge in [-0.05, 0) is 85.3 Å². The summed E-state index contributed by atoms with van der Waals surface area (Å²) in [6, 6.07) is 14.9. The summed E-state index contributed by atoms with van der Waals surface area (Å²) in [7, 11) is 0. The Kier molecular flexibility index (Phi) is 5.01. The molecule has 0 saturated heterocycles. The summed E-state index contributed by atoms with van der Waals surface area (Å²) in [4.78, 5) is 19.2. The van der Waals surface area contributed by atoms with Gasteiger partial charge in [0.25, 0.3) is 5.56 Å². The summed E-state index contributed by atoms with van der Waals surface area (Å²) < 4.78 is 2.00. The molecule has 2 aromatic carbocycles. The van der Waals surface area contributed by atoms with Gasteiger partial charge >= 0.3 is 0 Å². The molecule has 7 nitrogen and oxygen atoms in total. The van der Waals surface area contributed by atoms with Gasteiger partial charge in [0.2, 0.25) is 0 Å². The SMILES string of the molecule is Cc1cc(C)c2cc([C@@H](c3nnnn3C3CCCC3)N3c4ccccc4C[C@@H]3C)c(=O)[nH]c2c1. The van der Waals surface area contributed by atoms with Crippen molar-refractivity contribution in [3.05, 3.63) is 80.9 Å². The van der Waals surface area contributed by atoms with Gasteiger partial charge in [-0.1, -0.05) is 37.1 Å². The molecule has 1 fully saturated rings. The monoisotopic (exact) mass is 454 g/mol. The third-order valence-corrected chi connectivity index (χ3v) is 7.61. The highest BCUT2D eigenvalue weighted by Crippen LogP contribution is 2.42. The number of tetrazole rings is 1. The largest absolute Gasteiger partial charge is 0.354 e. The van der Waals surface area contributed by atoms with Gasteiger partial charge in [0, 0.05) is 28.2 Å². The number of anilines is 1. The van der Waals surface area contributed by atoms with Crippen LogP contribution in [0.2, 0.25) is 0 Å². The Morgan fingerprint density at radius 1 is 1.09 bits per heavy atom. The van der Waals surface area contributed by atoms with E-state index < -0.39 is 0 Å². The van der Waals surface area contributed by atoms with Gasteiger partial charge in [0.15, 0.2) is 5.82 Å². The molecule has 0 bridgehead atoms. The predicted molar refractivity (Wildman–Crippen MR) is 133 cm³/mol. The van der Waals surface area contributed by atoms with E-state index in [0.29, 0.717) is 5.56 Å². The standard InChI is InChI=1S/C27H30N6O/c1-16-12-17(2)21-15-22(27(34)28-23(21)13-16)25(26-29-30-31-33(26)20-9-5-6-10-20)32-18(3)14-19-8-4-7-11-24(19)32/h4,7-8,11-13,15,18,20,25H,5-6,9-10,14H2,1-3H3,(H,28,34)/t18-,25-/m0/s1. The maximum atomic E-state index is 13.6. The number of nitrogens with one attached hydrogen (secondary N) is 1. The summed E-state index contributed by atoms with van der Waals surface area (Å²) in [5.41, 5.74) is 6.21. The van der Waals surface area contributed by atoms with Crippen LogP contribution >= 0.6 is 0 Å².